The first-order valence-corrected chi connectivity index (χ1v) is 9.17. The molecule has 136 valence electrons. The number of hydrogen-bond donors (Lipinski definition) is 3. The molecular formula is C16H19ClN2O5S. The second kappa shape index (κ2) is 8.35. The number of nitrogens with one attached hydrogen (secondary N) is 2. The third-order valence-corrected chi connectivity index (χ3v) is 4.48. The van der Waals surface area contributed by atoms with Crippen molar-refractivity contribution in [2.75, 3.05) is 25.7 Å². The molecule has 0 spiro atoms. The van der Waals surface area contributed by atoms with Crippen LogP contribution in [0.15, 0.2) is 23.4 Å². The number of phenols is 1. The van der Waals surface area contributed by atoms with Crippen molar-refractivity contribution in [1.82, 2.24) is 10.6 Å². The van der Waals surface area contributed by atoms with Gasteiger partial charge in [-0.3, -0.25) is 0 Å². The molecule has 0 fully saturated rings. The summed E-state index contributed by atoms with van der Waals surface area (Å²) < 4.78 is 10.4. The number of rotatable bonds is 6. The summed E-state index contributed by atoms with van der Waals surface area (Å²) in [7, 11) is 1.38. The van der Waals surface area contributed by atoms with E-state index in [2.05, 4.69) is 10.6 Å². The minimum Gasteiger partial charge on any atom is -0.503 e. The summed E-state index contributed by atoms with van der Waals surface area (Å²) >= 11 is 7.58. The third kappa shape index (κ3) is 4.32. The zero-order valence-corrected chi connectivity index (χ0v) is 15.6. The number of thioether (sulfide) groups is 1. The van der Waals surface area contributed by atoms with Gasteiger partial charge in [-0.2, -0.15) is 11.8 Å². The number of allylic oxidation sites excluding steroid dienone is 1. The smallest absolute Gasteiger partial charge is 0.338 e. The quantitative estimate of drug-likeness (QED) is 0.513. The number of amides is 2. The standard InChI is InChI=1S/C16H19ClN2O5S/c1-8-12(15(21)24-4-5-25-3)13(19-16(22)18-8)9-6-10(17)14(20)11(7-9)23-2/h6-7,13,20H,4-5H2,1-3H3,(H2,18,19,22). The van der Waals surface area contributed by atoms with Gasteiger partial charge in [0.2, 0.25) is 0 Å². The Labute approximate surface area is 154 Å². The molecule has 1 aromatic carbocycles. The predicted molar refractivity (Wildman–Crippen MR) is 96.1 cm³/mol. The summed E-state index contributed by atoms with van der Waals surface area (Å²) in [5, 5.41) is 15.2. The minimum absolute atomic E-state index is 0.0508. The Hall–Kier alpha value is -2.06. The van der Waals surface area contributed by atoms with Crippen LogP contribution in [-0.2, 0) is 9.53 Å². The van der Waals surface area contributed by atoms with Crippen LogP contribution in [0.5, 0.6) is 11.5 Å². The molecule has 0 aromatic heterocycles. The molecule has 9 heteroatoms. The minimum atomic E-state index is -0.775. The topological polar surface area (TPSA) is 96.9 Å². The van der Waals surface area contributed by atoms with E-state index in [1.165, 1.54) is 19.2 Å². The maximum absolute atomic E-state index is 12.5. The molecule has 1 unspecified atom stereocenters. The van der Waals surface area contributed by atoms with E-state index < -0.39 is 18.0 Å². The maximum Gasteiger partial charge on any atom is 0.338 e. The van der Waals surface area contributed by atoms with E-state index in [-0.39, 0.29) is 28.7 Å². The van der Waals surface area contributed by atoms with E-state index in [9.17, 15) is 14.7 Å². The molecule has 3 N–H and O–H groups in total. The van der Waals surface area contributed by atoms with E-state index >= 15 is 0 Å². The predicted octanol–water partition coefficient (Wildman–Crippen LogP) is 2.59. The van der Waals surface area contributed by atoms with Crippen LogP contribution in [0, 0.1) is 0 Å². The first kappa shape index (κ1) is 19.3. The molecular weight excluding hydrogens is 368 g/mol. The van der Waals surface area contributed by atoms with E-state index in [1.807, 2.05) is 6.26 Å². The number of esters is 1. The van der Waals surface area contributed by atoms with Crippen molar-refractivity contribution in [2.45, 2.75) is 13.0 Å². The van der Waals surface area contributed by atoms with Crippen molar-refractivity contribution in [3.8, 4) is 11.5 Å². The molecule has 0 saturated heterocycles. The van der Waals surface area contributed by atoms with Gasteiger partial charge in [-0.05, 0) is 30.9 Å². The van der Waals surface area contributed by atoms with Crippen LogP contribution < -0.4 is 15.4 Å². The number of urea groups is 1. The summed E-state index contributed by atoms with van der Waals surface area (Å²) in [6.45, 7) is 1.88. The van der Waals surface area contributed by atoms with Crippen LogP contribution in [0.4, 0.5) is 4.79 Å². The van der Waals surface area contributed by atoms with Crippen LogP contribution in [-0.4, -0.2) is 42.8 Å². The largest absolute Gasteiger partial charge is 0.503 e. The van der Waals surface area contributed by atoms with Crippen LogP contribution >= 0.6 is 23.4 Å². The van der Waals surface area contributed by atoms with Crippen molar-refractivity contribution < 1.29 is 24.2 Å². The molecule has 7 nitrogen and oxygen atoms in total. The third-order valence-electron chi connectivity index (χ3n) is 3.61. The number of hydrogen-bond acceptors (Lipinski definition) is 6. The number of carbonyl (C=O) groups excluding carboxylic acids is 2. The number of ether oxygens (including phenoxy) is 2. The second-order valence-electron chi connectivity index (χ2n) is 5.25. The Bertz CT molecular complexity index is 723. The van der Waals surface area contributed by atoms with Gasteiger partial charge in [0.25, 0.3) is 0 Å². The Balaban J connectivity index is 2.42. The lowest BCUT2D eigenvalue weighted by atomic mass is 9.95. The van der Waals surface area contributed by atoms with Gasteiger partial charge < -0.3 is 25.2 Å². The van der Waals surface area contributed by atoms with Crippen LogP contribution in [0.25, 0.3) is 0 Å². The molecule has 1 heterocycles. The lowest BCUT2D eigenvalue weighted by Crippen LogP contribution is -2.45. The fourth-order valence-corrected chi connectivity index (χ4v) is 2.90. The fourth-order valence-electron chi connectivity index (χ4n) is 2.43. The number of aromatic hydroxyl groups is 1. The van der Waals surface area contributed by atoms with Crippen LogP contribution in [0.2, 0.25) is 5.02 Å². The van der Waals surface area contributed by atoms with Gasteiger partial charge in [0.05, 0.1) is 23.7 Å². The maximum atomic E-state index is 12.5. The molecule has 2 amide bonds. The van der Waals surface area contributed by atoms with Crippen molar-refractivity contribution in [3.63, 3.8) is 0 Å². The normalized spacial score (nSPS) is 17.0. The Morgan fingerprint density at radius 3 is 2.80 bits per heavy atom. The number of methoxy groups -OCH3 is 1. The zero-order chi connectivity index (χ0) is 18.6. The van der Waals surface area contributed by atoms with Crippen molar-refractivity contribution in [1.29, 1.82) is 0 Å². The summed E-state index contributed by atoms with van der Waals surface area (Å²) in [5.74, 6) is 0.0645. The molecule has 1 aromatic rings. The highest BCUT2D eigenvalue weighted by molar-refractivity contribution is 7.98. The number of carbonyl (C=O) groups is 2. The van der Waals surface area contributed by atoms with E-state index in [4.69, 9.17) is 21.1 Å². The van der Waals surface area contributed by atoms with Crippen molar-refractivity contribution in [2.24, 2.45) is 0 Å². The fraction of sp³-hybridized carbons (Fsp3) is 0.375. The molecule has 0 bridgehead atoms. The Morgan fingerprint density at radius 1 is 1.44 bits per heavy atom. The number of benzene rings is 1. The molecule has 2 rings (SSSR count). The van der Waals surface area contributed by atoms with E-state index in [1.54, 1.807) is 18.7 Å². The van der Waals surface area contributed by atoms with Gasteiger partial charge in [0.15, 0.2) is 11.5 Å². The van der Waals surface area contributed by atoms with Crippen molar-refractivity contribution in [3.05, 3.63) is 34.0 Å². The summed E-state index contributed by atoms with van der Waals surface area (Å²) in [5.41, 5.74) is 1.15. The van der Waals surface area contributed by atoms with Crippen molar-refractivity contribution >= 4 is 35.4 Å². The lowest BCUT2D eigenvalue weighted by molar-refractivity contribution is -0.138. The molecule has 1 aliphatic heterocycles. The Morgan fingerprint density at radius 2 is 2.16 bits per heavy atom. The number of halogens is 1. The van der Waals surface area contributed by atoms with Gasteiger partial charge in [-0.15, -0.1) is 0 Å². The SMILES string of the molecule is COc1cc(C2NC(=O)NC(C)=C2C(=O)OCCSC)cc(Cl)c1O. The second-order valence-corrected chi connectivity index (χ2v) is 6.65. The monoisotopic (exact) mass is 386 g/mol. The van der Waals surface area contributed by atoms with Crippen LogP contribution in [0.3, 0.4) is 0 Å². The van der Waals surface area contributed by atoms with E-state index in [0.29, 0.717) is 17.0 Å². The first-order valence-electron chi connectivity index (χ1n) is 7.39. The molecule has 0 aliphatic carbocycles. The highest BCUT2D eigenvalue weighted by Gasteiger charge is 2.33. The van der Waals surface area contributed by atoms with Gasteiger partial charge in [0, 0.05) is 11.4 Å². The average molecular weight is 387 g/mol. The lowest BCUT2D eigenvalue weighted by Gasteiger charge is -2.28. The van der Waals surface area contributed by atoms with Gasteiger partial charge in [-0.1, -0.05) is 11.6 Å². The molecule has 1 atom stereocenters. The van der Waals surface area contributed by atoms with E-state index in [0.717, 1.165) is 0 Å². The molecule has 0 saturated carbocycles. The highest BCUT2D eigenvalue weighted by Crippen LogP contribution is 2.39. The van der Waals surface area contributed by atoms with Crippen LogP contribution in [0.1, 0.15) is 18.5 Å². The summed E-state index contributed by atoms with van der Waals surface area (Å²) in [6, 6.07) is 1.76. The average Bonchev–Trinajstić information content (AvgIpc) is 2.56. The zero-order valence-electron chi connectivity index (χ0n) is 14.0. The molecule has 0 radical (unpaired) electrons. The number of phenolic OH excluding ortho intramolecular Hbond substituents is 1. The Kier molecular flexibility index (Phi) is 6.44. The van der Waals surface area contributed by atoms with Gasteiger partial charge in [0.1, 0.15) is 6.61 Å². The highest BCUT2D eigenvalue weighted by atomic mass is 35.5. The first-order chi connectivity index (χ1) is 11.9. The summed E-state index contributed by atoms with van der Waals surface area (Å²) in [4.78, 5) is 24.4. The van der Waals surface area contributed by atoms with Gasteiger partial charge >= 0.3 is 12.0 Å². The molecule has 1 aliphatic rings. The molecule has 25 heavy (non-hydrogen) atoms. The summed E-state index contributed by atoms with van der Waals surface area (Å²) in [6.07, 6.45) is 1.91. The van der Waals surface area contributed by atoms with Gasteiger partial charge in [-0.25, -0.2) is 9.59 Å².